The Kier molecular flexibility index (Phi) is 5.46. The summed E-state index contributed by atoms with van der Waals surface area (Å²) >= 11 is 0. The molecule has 2 aromatic rings. The van der Waals surface area contributed by atoms with Crippen molar-refractivity contribution in [2.45, 2.75) is 25.5 Å². The van der Waals surface area contributed by atoms with Crippen LogP contribution in [0, 0.1) is 0 Å². The topological polar surface area (TPSA) is 58.6 Å². The van der Waals surface area contributed by atoms with Crippen molar-refractivity contribution in [2.24, 2.45) is 0 Å². The highest BCUT2D eigenvalue weighted by Gasteiger charge is 2.31. The minimum Gasteiger partial charge on any atom is -0.380 e. The SMILES string of the molecule is COCc1ccccc1C(=O)N[C@H]1CCCN(c2ccccc2)C1=O. The van der Waals surface area contributed by atoms with Gasteiger partial charge in [-0.2, -0.15) is 0 Å². The van der Waals surface area contributed by atoms with E-state index in [1.165, 1.54) is 0 Å². The zero-order valence-corrected chi connectivity index (χ0v) is 14.3. The second kappa shape index (κ2) is 7.94. The molecule has 0 aromatic heterocycles. The Bertz CT molecular complexity index is 746. The number of hydrogen-bond donors (Lipinski definition) is 1. The van der Waals surface area contributed by atoms with Crippen LogP contribution in [-0.2, 0) is 16.1 Å². The number of carbonyl (C=O) groups is 2. The van der Waals surface area contributed by atoms with E-state index in [9.17, 15) is 9.59 Å². The largest absolute Gasteiger partial charge is 0.380 e. The molecule has 5 heteroatoms. The summed E-state index contributed by atoms with van der Waals surface area (Å²) in [5, 5.41) is 2.90. The number of carbonyl (C=O) groups excluding carboxylic acids is 2. The normalized spacial score (nSPS) is 17.4. The second-order valence-corrected chi connectivity index (χ2v) is 6.08. The van der Waals surface area contributed by atoms with E-state index in [1.807, 2.05) is 48.5 Å². The third kappa shape index (κ3) is 3.88. The van der Waals surface area contributed by atoms with Gasteiger partial charge in [-0.3, -0.25) is 9.59 Å². The number of rotatable bonds is 5. The van der Waals surface area contributed by atoms with E-state index >= 15 is 0 Å². The predicted molar refractivity (Wildman–Crippen MR) is 96.4 cm³/mol. The van der Waals surface area contributed by atoms with Gasteiger partial charge < -0.3 is 15.0 Å². The average molecular weight is 338 g/mol. The van der Waals surface area contributed by atoms with Crippen LogP contribution in [0.2, 0.25) is 0 Å². The Morgan fingerprint density at radius 2 is 1.88 bits per heavy atom. The monoisotopic (exact) mass is 338 g/mol. The van der Waals surface area contributed by atoms with Crippen LogP contribution in [0.15, 0.2) is 54.6 Å². The lowest BCUT2D eigenvalue weighted by Gasteiger charge is -2.32. The molecule has 0 unspecified atom stereocenters. The van der Waals surface area contributed by atoms with Crippen molar-refractivity contribution in [3.8, 4) is 0 Å². The van der Waals surface area contributed by atoms with E-state index < -0.39 is 6.04 Å². The fraction of sp³-hybridized carbons (Fsp3) is 0.300. The quantitative estimate of drug-likeness (QED) is 0.912. The molecule has 0 aliphatic carbocycles. The van der Waals surface area contributed by atoms with Gasteiger partial charge in [0, 0.05) is 24.9 Å². The van der Waals surface area contributed by atoms with Gasteiger partial charge in [0.1, 0.15) is 6.04 Å². The predicted octanol–water partition coefficient (Wildman–Crippen LogP) is 2.76. The summed E-state index contributed by atoms with van der Waals surface area (Å²) < 4.78 is 5.15. The molecule has 0 spiro atoms. The molecule has 0 saturated carbocycles. The lowest BCUT2D eigenvalue weighted by molar-refractivity contribution is -0.121. The highest BCUT2D eigenvalue weighted by Crippen LogP contribution is 2.21. The molecule has 1 atom stereocenters. The van der Waals surface area contributed by atoms with Gasteiger partial charge in [-0.1, -0.05) is 36.4 Å². The van der Waals surface area contributed by atoms with Gasteiger partial charge in [-0.05, 0) is 36.6 Å². The zero-order valence-electron chi connectivity index (χ0n) is 14.3. The van der Waals surface area contributed by atoms with Crippen LogP contribution in [0.1, 0.15) is 28.8 Å². The van der Waals surface area contributed by atoms with E-state index in [1.54, 1.807) is 18.1 Å². The number of benzene rings is 2. The number of ether oxygens (including phenoxy) is 1. The molecule has 1 saturated heterocycles. The van der Waals surface area contributed by atoms with Crippen LogP contribution in [0.5, 0.6) is 0 Å². The fourth-order valence-electron chi connectivity index (χ4n) is 3.13. The van der Waals surface area contributed by atoms with Crippen molar-refractivity contribution in [1.82, 2.24) is 5.32 Å². The summed E-state index contributed by atoms with van der Waals surface area (Å²) in [6, 6.07) is 16.4. The number of nitrogens with one attached hydrogen (secondary N) is 1. The van der Waals surface area contributed by atoms with Crippen LogP contribution in [-0.4, -0.2) is 31.5 Å². The third-order valence-electron chi connectivity index (χ3n) is 4.37. The van der Waals surface area contributed by atoms with Gasteiger partial charge in [0.05, 0.1) is 6.61 Å². The minimum absolute atomic E-state index is 0.0602. The van der Waals surface area contributed by atoms with Crippen LogP contribution in [0.25, 0.3) is 0 Å². The molecule has 1 aliphatic rings. The average Bonchev–Trinajstić information content (AvgIpc) is 2.65. The molecule has 2 aromatic carbocycles. The molecule has 130 valence electrons. The molecule has 0 radical (unpaired) electrons. The number of anilines is 1. The summed E-state index contributed by atoms with van der Waals surface area (Å²) in [6.07, 6.45) is 1.51. The van der Waals surface area contributed by atoms with Crippen molar-refractivity contribution >= 4 is 17.5 Å². The van der Waals surface area contributed by atoms with E-state index in [-0.39, 0.29) is 11.8 Å². The van der Waals surface area contributed by atoms with Crippen molar-refractivity contribution in [1.29, 1.82) is 0 Å². The summed E-state index contributed by atoms with van der Waals surface area (Å²) in [4.78, 5) is 27.2. The Morgan fingerprint density at radius 1 is 1.16 bits per heavy atom. The maximum atomic E-state index is 12.8. The molecule has 0 bridgehead atoms. The molecule has 25 heavy (non-hydrogen) atoms. The first-order valence-electron chi connectivity index (χ1n) is 8.45. The maximum Gasteiger partial charge on any atom is 0.252 e. The number of para-hydroxylation sites is 1. The first-order valence-corrected chi connectivity index (χ1v) is 8.45. The molecule has 5 nitrogen and oxygen atoms in total. The summed E-state index contributed by atoms with van der Waals surface area (Å²) in [5.74, 6) is -0.295. The van der Waals surface area contributed by atoms with Crippen LogP contribution in [0.4, 0.5) is 5.69 Å². The summed E-state index contributed by atoms with van der Waals surface area (Å²) in [7, 11) is 1.59. The molecule has 3 rings (SSSR count). The standard InChI is InChI=1S/C20H22N2O3/c1-25-14-15-8-5-6-11-17(15)19(23)21-18-12-7-13-22(20(18)24)16-9-3-2-4-10-16/h2-6,8-11,18H,7,12-14H2,1H3,(H,21,23)/t18-/m0/s1. The summed E-state index contributed by atoms with van der Waals surface area (Å²) in [5.41, 5.74) is 2.23. The van der Waals surface area contributed by atoms with E-state index in [4.69, 9.17) is 4.74 Å². The molecule has 1 N–H and O–H groups in total. The molecular formula is C20H22N2O3. The molecular weight excluding hydrogens is 316 g/mol. The second-order valence-electron chi connectivity index (χ2n) is 6.08. The number of nitrogens with zero attached hydrogens (tertiary/aromatic N) is 1. The smallest absolute Gasteiger partial charge is 0.252 e. The molecule has 1 aliphatic heterocycles. The molecule has 2 amide bonds. The van der Waals surface area contributed by atoms with Crippen molar-refractivity contribution in [2.75, 3.05) is 18.6 Å². The Hall–Kier alpha value is -2.66. The van der Waals surface area contributed by atoms with Crippen LogP contribution in [0.3, 0.4) is 0 Å². The van der Waals surface area contributed by atoms with Gasteiger partial charge in [-0.15, -0.1) is 0 Å². The van der Waals surface area contributed by atoms with Crippen LogP contribution < -0.4 is 10.2 Å². The number of methoxy groups -OCH3 is 1. The van der Waals surface area contributed by atoms with Crippen molar-refractivity contribution < 1.29 is 14.3 Å². The third-order valence-corrected chi connectivity index (χ3v) is 4.37. The lowest BCUT2D eigenvalue weighted by atomic mass is 10.0. The minimum atomic E-state index is -0.503. The van der Waals surface area contributed by atoms with Crippen molar-refractivity contribution in [3.05, 3.63) is 65.7 Å². The first kappa shape index (κ1) is 17.2. The van der Waals surface area contributed by atoms with Gasteiger partial charge in [-0.25, -0.2) is 0 Å². The van der Waals surface area contributed by atoms with E-state index in [2.05, 4.69) is 5.32 Å². The zero-order chi connectivity index (χ0) is 17.6. The van der Waals surface area contributed by atoms with Crippen LogP contribution >= 0.6 is 0 Å². The number of amides is 2. The maximum absolute atomic E-state index is 12.8. The van der Waals surface area contributed by atoms with Gasteiger partial charge in [0.25, 0.3) is 5.91 Å². The van der Waals surface area contributed by atoms with Gasteiger partial charge in [0.2, 0.25) is 5.91 Å². The summed E-state index contributed by atoms with van der Waals surface area (Å²) in [6.45, 7) is 1.04. The fourth-order valence-corrected chi connectivity index (χ4v) is 3.13. The number of hydrogen-bond acceptors (Lipinski definition) is 3. The van der Waals surface area contributed by atoms with Gasteiger partial charge in [0.15, 0.2) is 0 Å². The Morgan fingerprint density at radius 3 is 2.64 bits per heavy atom. The van der Waals surface area contributed by atoms with Gasteiger partial charge >= 0.3 is 0 Å². The highest BCUT2D eigenvalue weighted by molar-refractivity contribution is 6.03. The Labute approximate surface area is 147 Å². The van der Waals surface area contributed by atoms with E-state index in [0.29, 0.717) is 25.1 Å². The number of piperidine rings is 1. The van der Waals surface area contributed by atoms with Crippen molar-refractivity contribution in [3.63, 3.8) is 0 Å². The first-order chi connectivity index (χ1) is 12.2. The lowest BCUT2D eigenvalue weighted by Crippen LogP contribution is -2.52. The molecule has 1 heterocycles. The molecule has 1 fully saturated rings. The highest BCUT2D eigenvalue weighted by atomic mass is 16.5. The Balaban J connectivity index is 1.74. The van der Waals surface area contributed by atoms with E-state index in [0.717, 1.165) is 17.7 Å².